The summed E-state index contributed by atoms with van der Waals surface area (Å²) in [5.41, 5.74) is 2.10. The first-order valence-corrected chi connectivity index (χ1v) is 7.58. The third-order valence-electron chi connectivity index (χ3n) is 3.61. The fourth-order valence-electron chi connectivity index (χ4n) is 2.40. The van der Waals surface area contributed by atoms with Gasteiger partial charge in [0.25, 0.3) is 5.91 Å². The molecular weight excluding hydrogens is 312 g/mol. The van der Waals surface area contributed by atoms with E-state index < -0.39 is 6.04 Å². The van der Waals surface area contributed by atoms with Gasteiger partial charge in [0, 0.05) is 10.9 Å². The number of aromatic nitrogens is 1. The van der Waals surface area contributed by atoms with Crippen LogP contribution in [0.25, 0.3) is 10.9 Å². The number of amides is 1. The van der Waals surface area contributed by atoms with Crippen molar-refractivity contribution in [1.29, 1.82) is 0 Å². The monoisotopic (exact) mass is 326 g/mol. The van der Waals surface area contributed by atoms with Crippen LogP contribution in [0.3, 0.4) is 0 Å². The number of pyridine rings is 1. The zero-order chi connectivity index (χ0) is 16.2. The summed E-state index contributed by atoms with van der Waals surface area (Å²) in [4.78, 5) is 16.6. The molecule has 0 bridgehead atoms. The minimum atomic E-state index is -0.442. The van der Waals surface area contributed by atoms with Crippen molar-refractivity contribution in [1.82, 2.24) is 10.3 Å². The normalized spacial score (nSPS) is 12.1. The Morgan fingerprint density at radius 1 is 1.13 bits per heavy atom. The van der Waals surface area contributed by atoms with Crippen molar-refractivity contribution < 1.29 is 9.90 Å². The highest BCUT2D eigenvalue weighted by Gasteiger charge is 2.15. The lowest BCUT2D eigenvalue weighted by molar-refractivity contribution is 0.0916. The highest BCUT2D eigenvalue weighted by Crippen LogP contribution is 2.18. The lowest BCUT2D eigenvalue weighted by Crippen LogP contribution is -2.30. The van der Waals surface area contributed by atoms with Crippen molar-refractivity contribution in [3.05, 3.63) is 76.9 Å². The fourth-order valence-corrected chi connectivity index (χ4v) is 2.56. The number of hydrogen-bond acceptors (Lipinski definition) is 3. The lowest BCUT2D eigenvalue weighted by atomic mass is 10.1. The molecule has 3 rings (SSSR count). The molecule has 0 saturated carbocycles. The maximum Gasteiger partial charge on any atom is 0.251 e. The van der Waals surface area contributed by atoms with E-state index in [4.69, 9.17) is 11.6 Å². The lowest BCUT2D eigenvalue weighted by Gasteiger charge is -2.17. The maximum atomic E-state index is 12.4. The molecule has 2 aromatic carbocycles. The first-order valence-electron chi connectivity index (χ1n) is 7.20. The maximum absolute atomic E-state index is 12.4. The van der Waals surface area contributed by atoms with Gasteiger partial charge in [-0.25, -0.2) is 4.98 Å². The van der Waals surface area contributed by atoms with Crippen LogP contribution in [0.1, 0.15) is 22.0 Å². The van der Waals surface area contributed by atoms with E-state index in [1.54, 1.807) is 24.3 Å². The zero-order valence-electron chi connectivity index (χ0n) is 12.2. The number of aliphatic hydroxyl groups excluding tert-OH is 1. The number of nitrogens with one attached hydrogen (secondary N) is 1. The van der Waals surface area contributed by atoms with Gasteiger partial charge in [-0.05, 0) is 35.9 Å². The predicted octanol–water partition coefficient (Wildman–Crippen LogP) is 3.35. The van der Waals surface area contributed by atoms with Crippen molar-refractivity contribution in [2.75, 3.05) is 6.61 Å². The summed E-state index contributed by atoms with van der Waals surface area (Å²) in [5, 5.41) is 13.6. The summed E-state index contributed by atoms with van der Waals surface area (Å²) < 4.78 is 0. The fraction of sp³-hybridized carbons (Fsp3) is 0.111. The van der Waals surface area contributed by atoms with Crippen molar-refractivity contribution >= 4 is 28.4 Å². The SMILES string of the molecule is O=C(N[C@H](CO)c1ccccc1)c1ccc2nc(Cl)ccc2c1. The molecule has 2 N–H and O–H groups in total. The standard InChI is InChI=1S/C18H15ClN2O2/c19-17-9-7-13-10-14(6-8-15(13)20-17)18(23)21-16(11-22)12-4-2-1-3-5-12/h1-10,16,22H,11H2,(H,21,23)/t16-/m1/s1. The number of rotatable bonds is 4. The van der Waals surface area contributed by atoms with Crippen LogP contribution in [0.15, 0.2) is 60.7 Å². The third-order valence-corrected chi connectivity index (χ3v) is 3.82. The molecule has 1 aromatic heterocycles. The molecule has 0 spiro atoms. The van der Waals surface area contributed by atoms with E-state index in [2.05, 4.69) is 10.3 Å². The van der Waals surface area contributed by atoms with E-state index in [0.29, 0.717) is 10.7 Å². The number of fused-ring (bicyclic) bond motifs is 1. The Morgan fingerprint density at radius 3 is 2.65 bits per heavy atom. The van der Waals surface area contributed by atoms with E-state index in [9.17, 15) is 9.90 Å². The molecule has 116 valence electrons. The van der Waals surface area contributed by atoms with Crippen molar-refractivity contribution in [2.45, 2.75) is 6.04 Å². The Balaban J connectivity index is 1.83. The van der Waals surface area contributed by atoms with E-state index >= 15 is 0 Å². The smallest absolute Gasteiger partial charge is 0.251 e. The van der Waals surface area contributed by atoms with E-state index in [1.807, 2.05) is 36.4 Å². The molecule has 1 atom stereocenters. The van der Waals surface area contributed by atoms with Gasteiger partial charge in [-0.3, -0.25) is 4.79 Å². The summed E-state index contributed by atoms with van der Waals surface area (Å²) in [7, 11) is 0. The van der Waals surface area contributed by atoms with Crippen LogP contribution in [-0.2, 0) is 0 Å². The number of halogens is 1. The van der Waals surface area contributed by atoms with Crippen molar-refractivity contribution in [2.24, 2.45) is 0 Å². The molecular formula is C18H15ClN2O2. The van der Waals surface area contributed by atoms with E-state index in [0.717, 1.165) is 16.5 Å². The summed E-state index contributed by atoms with van der Waals surface area (Å²) in [6, 6.07) is 17.6. The molecule has 0 aliphatic heterocycles. The van der Waals surface area contributed by atoms with Gasteiger partial charge in [0.1, 0.15) is 5.15 Å². The van der Waals surface area contributed by atoms with Gasteiger partial charge >= 0.3 is 0 Å². The van der Waals surface area contributed by atoms with Gasteiger partial charge in [0.15, 0.2) is 0 Å². The van der Waals surface area contributed by atoms with Crippen LogP contribution in [0, 0.1) is 0 Å². The number of aliphatic hydroxyl groups is 1. The average Bonchev–Trinajstić information content (AvgIpc) is 2.59. The third kappa shape index (κ3) is 3.50. The minimum absolute atomic E-state index is 0.166. The van der Waals surface area contributed by atoms with Crippen LogP contribution >= 0.6 is 11.6 Å². The Kier molecular flexibility index (Phi) is 4.55. The molecule has 3 aromatic rings. The number of nitrogens with zero attached hydrogens (tertiary/aromatic N) is 1. The molecule has 0 aliphatic rings. The molecule has 5 heteroatoms. The summed E-state index contributed by atoms with van der Waals surface area (Å²) in [6.07, 6.45) is 0. The van der Waals surface area contributed by atoms with Crippen LogP contribution in [0.2, 0.25) is 5.15 Å². The second-order valence-electron chi connectivity index (χ2n) is 5.16. The van der Waals surface area contributed by atoms with Gasteiger partial charge in [-0.2, -0.15) is 0 Å². The summed E-state index contributed by atoms with van der Waals surface area (Å²) >= 11 is 5.86. The first-order chi connectivity index (χ1) is 11.2. The van der Waals surface area contributed by atoms with Crippen LogP contribution in [0.4, 0.5) is 0 Å². The Bertz CT molecular complexity index is 837. The Hall–Kier alpha value is -2.43. The molecule has 1 heterocycles. The highest BCUT2D eigenvalue weighted by molar-refractivity contribution is 6.29. The van der Waals surface area contributed by atoms with Crippen LogP contribution in [0.5, 0.6) is 0 Å². The number of carbonyl (C=O) groups is 1. The van der Waals surface area contributed by atoms with Crippen molar-refractivity contribution in [3.63, 3.8) is 0 Å². The molecule has 0 fully saturated rings. The second kappa shape index (κ2) is 6.77. The molecule has 1 amide bonds. The van der Waals surface area contributed by atoms with Crippen LogP contribution in [-0.4, -0.2) is 22.6 Å². The highest BCUT2D eigenvalue weighted by atomic mass is 35.5. The van der Waals surface area contributed by atoms with Gasteiger partial charge in [0.05, 0.1) is 18.2 Å². The van der Waals surface area contributed by atoms with Crippen LogP contribution < -0.4 is 5.32 Å². The average molecular weight is 327 g/mol. The van der Waals surface area contributed by atoms with Gasteiger partial charge < -0.3 is 10.4 Å². The number of benzene rings is 2. The van der Waals surface area contributed by atoms with E-state index in [1.165, 1.54) is 0 Å². The van der Waals surface area contributed by atoms with Gasteiger partial charge in [0.2, 0.25) is 0 Å². The van der Waals surface area contributed by atoms with Gasteiger partial charge in [-0.15, -0.1) is 0 Å². The van der Waals surface area contributed by atoms with Gasteiger partial charge in [-0.1, -0.05) is 41.9 Å². The molecule has 0 unspecified atom stereocenters. The molecule has 4 nitrogen and oxygen atoms in total. The Labute approximate surface area is 138 Å². The predicted molar refractivity (Wildman–Crippen MR) is 90.5 cm³/mol. The minimum Gasteiger partial charge on any atom is -0.394 e. The summed E-state index contributed by atoms with van der Waals surface area (Å²) in [6.45, 7) is -0.166. The largest absolute Gasteiger partial charge is 0.394 e. The topological polar surface area (TPSA) is 62.2 Å². The molecule has 0 radical (unpaired) electrons. The molecule has 0 saturated heterocycles. The molecule has 23 heavy (non-hydrogen) atoms. The molecule has 0 aliphatic carbocycles. The van der Waals surface area contributed by atoms with E-state index in [-0.39, 0.29) is 12.5 Å². The number of carbonyl (C=O) groups excluding carboxylic acids is 1. The Morgan fingerprint density at radius 2 is 1.91 bits per heavy atom. The van der Waals surface area contributed by atoms with Crippen molar-refractivity contribution in [3.8, 4) is 0 Å². The first kappa shape index (κ1) is 15.5. The quantitative estimate of drug-likeness (QED) is 0.723. The summed E-state index contributed by atoms with van der Waals surface area (Å²) in [5.74, 6) is -0.246. The number of hydrogen-bond donors (Lipinski definition) is 2. The second-order valence-corrected chi connectivity index (χ2v) is 5.55. The zero-order valence-corrected chi connectivity index (χ0v) is 13.0.